The summed E-state index contributed by atoms with van der Waals surface area (Å²) in [6.07, 6.45) is -12.9. The van der Waals surface area contributed by atoms with Crippen molar-refractivity contribution in [2.45, 2.75) is 68.1 Å². The molecular formula is C13H24O10. The minimum Gasteiger partial charge on any atom is -0.394 e. The summed E-state index contributed by atoms with van der Waals surface area (Å²) in [5.41, 5.74) is 0. The summed E-state index contributed by atoms with van der Waals surface area (Å²) in [5, 5.41) is 67.5. The summed E-state index contributed by atoms with van der Waals surface area (Å²) in [7, 11) is 0. The first kappa shape index (κ1) is 18.9. The highest BCUT2D eigenvalue weighted by atomic mass is 16.7. The molecule has 0 aromatic heterocycles. The van der Waals surface area contributed by atoms with Crippen molar-refractivity contribution in [1.29, 1.82) is 0 Å². The van der Waals surface area contributed by atoms with Crippen LogP contribution in [0.2, 0.25) is 0 Å². The number of aliphatic hydroxyl groups is 7. The zero-order valence-corrected chi connectivity index (χ0v) is 12.5. The van der Waals surface area contributed by atoms with Crippen LogP contribution < -0.4 is 0 Å². The Balaban J connectivity index is 1.98. The molecular weight excluding hydrogens is 316 g/mol. The molecule has 2 heterocycles. The number of hydrogen-bond acceptors (Lipinski definition) is 10. The Kier molecular flexibility index (Phi) is 6.30. The van der Waals surface area contributed by atoms with Gasteiger partial charge < -0.3 is 50.0 Å². The van der Waals surface area contributed by atoms with Gasteiger partial charge in [-0.3, -0.25) is 0 Å². The first-order valence-corrected chi connectivity index (χ1v) is 7.39. The number of ether oxygens (including phenoxy) is 3. The normalized spacial score (nSPS) is 51.7. The van der Waals surface area contributed by atoms with Gasteiger partial charge >= 0.3 is 0 Å². The highest BCUT2D eigenvalue weighted by molar-refractivity contribution is 4.93. The maximum absolute atomic E-state index is 10.0. The first-order chi connectivity index (χ1) is 10.8. The van der Waals surface area contributed by atoms with Crippen LogP contribution >= 0.6 is 0 Å². The molecule has 2 saturated heterocycles. The van der Waals surface area contributed by atoms with Crippen LogP contribution in [-0.4, -0.2) is 110 Å². The highest BCUT2D eigenvalue weighted by Crippen LogP contribution is 2.25. The molecule has 0 bridgehead atoms. The summed E-state index contributed by atoms with van der Waals surface area (Å²) >= 11 is 0. The van der Waals surface area contributed by atoms with Gasteiger partial charge in [0.1, 0.15) is 48.8 Å². The lowest BCUT2D eigenvalue weighted by Crippen LogP contribution is -2.61. The Hall–Kier alpha value is -0.400. The molecule has 1 unspecified atom stereocenters. The van der Waals surface area contributed by atoms with E-state index in [9.17, 15) is 30.6 Å². The van der Waals surface area contributed by atoms with Gasteiger partial charge in [-0.15, -0.1) is 0 Å². The fourth-order valence-electron chi connectivity index (χ4n) is 2.74. The Morgan fingerprint density at radius 1 is 0.783 bits per heavy atom. The van der Waals surface area contributed by atoms with E-state index in [1.54, 1.807) is 6.92 Å². The molecule has 23 heavy (non-hydrogen) atoms. The van der Waals surface area contributed by atoms with Crippen LogP contribution in [0, 0.1) is 0 Å². The third-order valence-electron chi connectivity index (χ3n) is 4.24. The maximum atomic E-state index is 10.0. The number of hydrogen-bond donors (Lipinski definition) is 7. The van der Waals surface area contributed by atoms with Crippen molar-refractivity contribution in [1.82, 2.24) is 0 Å². The van der Waals surface area contributed by atoms with Gasteiger partial charge in [-0.25, -0.2) is 0 Å². The molecule has 136 valence electrons. The van der Waals surface area contributed by atoms with E-state index in [2.05, 4.69) is 0 Å². The second-order valence-corrected chi connectivity index (χ2v) is 5.88. The van der Waals surface area contributed by atoms with Crippen LogP contribution in [0.3, 0.4) is 0 Å². The maximum Gasteiger partial charge on any atom is 0.184 e. The fraction of sp³-hybridized carbons (Fsp3) is 1.00. The van der Waals surface area contributed by atoms with Crippen LogP contribution in [-0.2, 0) is 14.2 Å². The van der Waals surface area contributed by atoms with E-state index in [0.717, 1.165) is 0 Å². The average molecular weight is 340 g/mol. The molecule has 2 rings (SSSR count). The molecule has 0 radical (unpaired) electrons. The van der Waals surface area contributed by atoms with E-state index in [-0.39, 0.29) is 6.61 Å². The van der Waals surface area contributed by atoms with E-state index in [4.69, 9.17) is 19.3 Å². The van der Waals surface area contributed by atoms with Crippen molar-refractivity contribution in [3.63, 3.8) is 0 Å². The zero-order chi connectivity index (χ0) is 17.3. The van der Waals surface area contributed by atoms with Gasteiger partial charge in [0.05, 0.1) is 19.3 Å². The van der Waals surface area contributed by atoms with E-state index < -0.39 is 67.8 Å². The van der Waals surface area contributed by atoms with Gasteiger partial charge in [-0.1, -0.05) is 0 Å². The van der Waals surface area contributed by atoms with Gasteiger partial charge in [-0.2, -0.15) is 0 Å². The van der Waals surface area contributed by atoms with Crippen molar-refractivity contribution < 1.29 is 50.0 Å². The largest absolute Gasteiger partial charge is 0.394 e. The lowest BCUT2D eigenvalue weighted by molar-refractivity contribution is -0.299. The first-order valence-electron chi connectivity index (χ1n) is 7.39. The zero-order valence-electron chi connectivity index (χ0n) is 12.5. The predicted molar refractivity (Wildman–Crippen MR) is 72.1 cm³/mol. The molecule has 7 N–H and O–H groups in total. The smallest absolute Gasteiger partial charge is 0.184 e. The summed E-state index contributed by atoms with van der Waals surface area (Å²) in [6, 6.07) is 0. The average Bonchev–Trinajstić information content (AvgIpc) is 2.53. The second-order valence-electron chi connectivity index (χ2n) is 5.88. The molecule has 0 aromatic carbocycles. The molecule has 10 nitrogen and oxygen atoms in total. The van der Waals surface area contributed by atoms with Crippen molar-refractivity contribution in [3.8, 4) is 0 Å². The van der Waals surface area contributed by atoms with Gasteiger partial charge in [0, 0.05) is 0 Å². The summed E-state index contributed by atoms with van der Waals surface area (Å²) in [6.45, 7) is 0.710. The van der Waals surface area contributed by atoms with Crippen LogP contribution in [0.4, 0.5) is 0 Å². The molecule has 0 saturated carbocycles. The SMILES string of the molecule is CC1O[C@H](CO)[C@@H](O)[C@H](OC[C@H]2O[C@H](O)[C@H](O)[C@@H](O)[C@@H]2O)[C@H]1O. The lowest BCUT2D eigenvalue weighted by Gasteiger charge is -2.43. The lowest BCUT2D eigenvalue weighted by atomic mass is 9.95. The van der Waals surface area contributed by atoms with Crippen LogP contribution in [0.5, 0.6) is 0 Å². The molecule has 2 aliphatic rings. The molecule has 0 spiro atoms. The molecule has 2 aliphatic heterocycles. The van der Waals surface area contributed by atoms with Crippen molar-refractivity contribution in [2.75, 3.05) is 13.2 Å². The predicted octanol–water partition coefficient (Wildman–Crippen LogP) is -4.33. The standard InChI is InChI=1S/C13H24O10/c1-4-7(15)12(9(17)5(2-14)22-4)21-3-6-8(16)10(18)11(19)13(20)23-6/h4-20H,2-3H2,1H3/t4?,5-,6-,7+,8-,9-,10+,11-,12-,13+/m1/s1. The van der Waals surface area contributed by atoms with E-state index >= 15 is 0 Å². The van der Waals surface area contributed by atoms with Crippen molar-refractivity contribution in [2.24, 2.45) is 0 Å². The van der Waals surface area contributed by atoms with Crippen molar-refractivity contribution in [3.05, 3.63) is 0 Å². The summed E-state index contributed by atoms with van der Waals surface area (Å²) in [4.78, 5) is 0. The number of rotatable bonds is 4. The molecule has 10 heteroatoms. The van der Waals surface area contributed by atoms with Gasteiger partial charge in [0.25, 0.3) is 0 Å². The molecule has 0 amide bonds. The third-order valence-corrected chi connectivity index (χ3v) is 4.24. The van der Waals surface area contributed by atoms with Crippen LogP contribution in [0.15, 0.2) is 0 Å². The van der Waals surface area contributed by atoms with Gasteiger partial charge in [0.15, 0.2) is 6.29 Å². The minimum absolute atomic E-state index is 0.369. The van der Waals surface area contributed by atoms with Crippen LogP contribution in [0.1, 0.15) is 6.92 Å². The molecule has 2 fully saturated rings. The summed E-state index contributed by atoms with van der Waals surface area (Å²) < 4.78 is 15.5. The quantitative estimate of drug-likeness (QED) is 0.265. The molecule has 10 atom stereocenters. The highest BCUT2D eigenvalue weighted by Gasteiger charge is 2.46. The van der Waals surface area contributed by atoms with Gasteiger partial charge in [0.2, 0.25) is 0 Å². The van der Waals surface area contributed by atoms with E-state index in [1.165, 1.54) is 0 Å². The Morgan fingerprint density at radius 3 is 2.04 bits per heavy atom. The monoisotopic (exact) mass is 340 g/mol. The third kappa shape index (κ3) is 3.82. The number of aliphatic hydroxyl groups excluding tert-OH is 7. The Bertz CT molecular complexity index is 382. The minimum atomic E-state index is -1.70. The Labute approximate surface area is 132 Å². The second kappa shape index (κ2) is 7.66. The fourth-order valence-corrected chi connectivity index (χ4v) is 2.74. The van der Waals surface area contributed by atoms with Crippen molar-refractivity contribution >= 4 is 0 Å². The summed E-state index contributed by atoms with van der Waals surface area (Å²) in [5.74, 6) is 0. The van der Waals surface area contributed by atoms with Gasteiger partial charge in [-0.05, 0) is 6.92 Å². The van der Waals surface area contributed by atoms with E-state index in [1.807, 2.05) is 0 Å². The van der Waals surface area contributed by atoms with E-state index in [0.29, 0.717) is 0 Å². The Morgan fingerprint density at radius 2 is 1.43 bits per heavy atom. The molecule has 0 aliphatic carbocycles. The topological polar surface area (TPSA) is 169 Å². The van der Waals surface area contributed by atoms with Crippen LogP contribution in [0.25, 0.3) is 0 Å². The molecule has 0 aromatic rings.